The van der Waals surface area contributed by atoms with Gasteiger partial charge >= 0.3 is 0 Å². The summed E-state index contributed by atoms with van der Waals surface area (Å²) in [6, 6.07) is 11.3. The molecule has 0 aliphatic carbocycles. The molecule has 0 unspecified atom stereocenters. The zero-order chi connectivity index (χ0) is 18.5. The molecule has 0 spiro atoms. The van der Waals surface area contributed by atoms with E-state index in [2.05, 4.69) is 19.9 Å². The van der Waals surface area contributed by atoms with Crippen LogP contribution in [0.4, 0.5) is 0 Å². The Labute approximate surface area is 150 Å². The molecule has 0 saturated carbocycles. The van der Waals surface area contributed by atoms with E-state index < -0.39 is 15.4 Å². The predicted octanol–water partition coefficient (Wildman–Crippen LogP) is 3.23. The minimum atomic E-state index is -4.38. The number of H-pyrrole nitrogens is 2. The van der Waals surface area contributed by atoms with Crippen LogP contribution >= 0.6 is 0 Å². The third-order valence-electron chi connectivity index (χ3n) is 4.54. The van der Waals surface area contributed by atoms with Gasteiger partial charge in [0.05, 0.1) is 22.1 Å². The molecule has 0 saturated heterocycles. The highest BCUT2D eigenvalue weighted by atomic mass is 32.2. The van der Waals surface area contributed by atoms with Crippen LogP contribution in [-0.2, 0) is 16.5 Å². The smallest absolute Gasteiger partial charge is 0.275 e. The lowest BCUT2D eigenvalue weighted by Gasteiger charge is -2.09. The SMILES string of the molecule is Cc1cccc2[nH]c(C[C@@H](c3nc4c(C)cccc4[nH]3)S(=O)(=O)O)nc12. The van der Waals surface area contributed by atoms with Crippen LogP contribution < -0.4 is 0 Å². The molecule has 0 radical (unpaired) electrons. The van der Waals surface area contributed by atoms with Crippen LogP contribution in [0.15, 0.2) is 36.4 Å². The van der Waals surface area contributed by atoms with Crippen molar-refractivity contribution in [3.05, 3.63) is 59.2 Å². The number of para-hydroxylation sites is 2. The third kappa shape index (κ3) is 2.87. The van der Waals surface area contributed by atoms with E-state index in [4.69, 9.17) is 0 Å². The Hall–Kier alpha value is -2.71. The zero-order valence-electron chi connectivity index (χ0n) is 14.3. The van der Waals surface area contributed by atoms with Crippen molar-refractivity contribution in [2.45, 2.75) is 25.5 Å². The van der Waals surface area contributed by atoms with E-state index in [-0.39, 0.29) is 12.2 Å². The Kier molecular flexibility index (Phi) is 3.82. The van der Waals surface area contributed by atoms with E-state index in [1.165, 1.54) is 0 Å². The zero-order valence-corrected chi connectivity index (χ0v) is 15.1. The number of aromatic amines is 2. The van der Waals surface area contributed by atoms with E-state index in [0.29, 0.717) is 11.3 Å². The van der Waals surface area contributed by atoms with E-state index >= 15 is 0 Å². The van der Waals surface area contributed by atoms with Gasteiger partial charge in [-0.05, 0) is 37.1 Å². The van der Waals surface area contributed by atoms with Crippen molar-refractivity contribution in [2.75, 3.05) is 0 Å². The van der Waals surface area contributed by atoms with Gasteiger partial charge in [-0.1, -0.05) is 24.3 Å². The van der Waals surface area contributed by atoms with Gasteiger partial charge in [0.2, 0.25) is 0 Å². The molecule has 4 rings (SSSR count). The van der Waals surface area contributed by atoms with Gasteiger partial charge in [0.25, 0.3) is 10.1 Å². The number of aromatic nitrogens is 4. The first-order chi connectivity index (χ1) is 12.3. The Bertz CT molecular complexity index is 1220. The van der Waals surface area contributed by atoms with Crippen molar-refractivity contribution in [3.8, 4) is 0 Å². The number of imidazole rings is 2. The van der Waals surface area contributed by atoms with Crippen molar-refractivity contribution in [1.82, 2.24) is 19.9 Å². The Morgan fingerprint density at radius 3 is 2.08 bits per heavy atom. The van der Waals surface area contributed by atoms with Gasteiger partial charge in [0.15, 0.2) is 5.25 Å². The molecule has 8 heteroatoms. The summed E-state index contributed by atoms with van der Waals surface area (Å²) in [6.07, 6.45) is -0.00811. The summed E-state index contributed by atoms with van der Waals surface area (Å²) in [5, 5.41) is -1.23. The first-order valence-electron chi connectivity index (χ1n) is 8.18. The largest absolute Gasteiger partial charge is 0.342 e. The molecule has 1 atom stereocenters. The second-order valence-corrected chi connectivity index (χ2v) is 8.05. The molecule has 2 heterocycles. The van der Waals surface area contributed by atoms with Gasteiger partial charge in [-0.2, -0.15) is 8.42 Å². The van der Waals surface area contributed by atoms with Crippen molar-refractivity contribution in [1.29, 1.82) is 0 Å². The molecule has 0 aliphatic rings. The fourth-order valence-corrected chi connectivity index (χ4v) is 3.95. The second kappa shape index (κ2) is 5.93. The number of benzene rings is 2. The van der Waals surface area contributed by atoms with Gasteiger partial charge in [-0.15, -0.1) is 0 Å². The Balaban J connectivity index is 1.79. The van der Waals surface area contributed by atoms with Gasteiger partial charge in [-0.25, -0.2) is 9.97 Å². The van der Waals surface area contributed by atoms with Crippen LogP contribution in [0.3, 0.4) is 0 Å². The molecule has 26 heavy (non-hydrogen) atoms. The lowest BCUT2D eigenvalue weighted by Crippen LogP contribution is -2.17. The van der Waals surface area contributed by atoms with E-state index in [0.717, 1.165) is 27.7 Å². The standard InChI is InChI=1S/C18H18N4O3S/c1-10-5-3-7-12-16(10)21-15(19-12)9-14(26(23,24)25)18-20-13-8-4-6-11(2)17(13)22-18/h3-8,14H,9H2,1-2H3,(H,19,21)(H,20,22)(H,23,24,25)/t14-/m0/s1. The molecule has 7 nitrogen and oxygen atoms in total. The number of hydrogen-bond donors (Lipinski definition) is 3. The number of rotatable bonds is 4. The molecule has 0 aliphatic heterocycles. The molecule has 0 amide bonds. The Morgan fingerprint density at radius 1 is 0.962 bits per heavy atom. The maximum atomic E-state index is 12.0. The van der Waals surface area contributed by atoms with Crippen LogP contribution in [0.25, 0.3) is 22.1 Å². The van der Waals surface area contributed by atoms with Crippen LogP contribution in [0.5, 0.6) is 0 Å². The first-order valence-corrected chi connectivity index (χ1v) is 9.69. The summed E-state index contributed by atoms with van der Waals surface area (Å²) in [4.78, 5) is 15.0. The second-order valence-electron chi connectivity index (χ2n) is 6.46. The van der Waals surface area contributed by atoms with Crippen LogP contribution in [0.2, 0.25) is 0 Å². The Morgan fingerprint density at radius 2 is 1.54 bits per heavy atom. The molecule has 134 valence electrons. The molecular formula is C18H18N4O3S. The highest BCUT2D eigenvalue weighted by molar-refractivity contribution is 7.86. The number of nitrogens with zero attached hydrogens (tertiary/aromatic N) is 2. The third-order valence-corrected chi connectivity index (χ3v) is 5.65. The average Bonchev–Trinajstić information content (AvgIpc) is 3.16. The quantitative estimate of drug-likeness (QED) is 0.478. The van der Waals surface area contributed by atoms with Crippen molar-refractivity contribution in [2.24, 2.45) is 0 Å². The van der Waals surface area contributed by atoms with E-state index in [9.17, 15) is 13.0 Å². The van der Waals surface area contributed by atoms with E-state index in [1.54, 1.807) is 0 Å². The van der Waals surface area contributed by atoms with Gasteiger partial charge in [0, 0.05) is 6.42 Å². The highest BCUT2D eigenvalue weighted by Crippen LogP contribution is 2.27. The van der Waals surface area contributed by atoms with Crippen molar-refractivity contribution in [3.63, 3.8) is 0 Å². The number of hydrogen-bond acceptors (Lipinski definition) is 4. The van der Waals surface area contributed by atoms with Crippen molar-refractivity contribution < 1.29 is 13.0 Å². The average molecular weight is 370 g/mol. The molecule has 0 fully saturated rings. The summed E-state index contributed by atoms with van der Waals surface area (Å²) in [7, 11) is -4.38. The molecule has 2 aromatic heterocycles. The summed E-state index contributed by atoms with van der Waals surface area (Å²) in [5.74, 6) is 0.683. The maximum Gasteiger partial charge on any atom is 0.275 e. The fraction of sp³-hybridized carbons (Fsp3) is 0.222. The van der Waals surface area contributed by atoms with Crippen LogP contribution in [0, 0.1) is 13.8 Å². The van der Waals surface area contributed by atoms with Gasteiger partial charge in [0.1, 0.15) is 11.6 Å². The number of aryl methyl sites for hydroxylation is 2. The van der Waals surface area contributed by atoms with Gasteiger partial charge < -0.3 is 9.97 Å². The summed E-state index contributed by atoms with van der Waals surface area (Å²) in [5.41, 5.74) is 4.96. The maximum absolute atomic E-state index is 12.0. The topological polar surface area (TPSA) is 112 Å². The highest BCUT2D eigenvalue weighted by Gasteiger charge is 2.30. The van der Waals surface area contributed by atoms with Crippen molar-refractivity contribution >= 4 is 32.2 Å². The summed E-state index contributed by atoms with van der Waals surface area (Å²) >= 11 is 0. The van der Waals surface area contributed by atoms with Crippen LogP contribution in [0.1, 0.15) is 28.0 Å². The van der Waals surface area contributed by atoms with E-state index in [1.807, 2.05) is 50.2 Å². The molecular weight excluding hydrogens is 352 g/mol. The van der Waals surface area contributed by atoms with Gasteiger partial charge in [-0.3, -0.25) is 4.55 Å². The minimum absolute atomic E-state index is 0.00811. The summed E-state index contributed by atoms with van der Waals surface area (Å²) < 4.78 is 33.9. The minimum Gasteiger partial charge on any atom is -0.342 e. The molecule has 0 bridgehead atoms. The first kappa shape index (κ1) is 16.7. The molecule has 2 aromatic carbocycles. The van der Waals surface area contributed by atoms with Crippen LogP contribution in [-0.4, -0.2) is 32.9 Å². The monoisotopic (exact) mass is 370 g/mol. The number of fused-ring (bicyclic) bond motifs is 2. The molecule has 3 N–H and O–H groups in total. The summed E-state index contributed by atoms with van der Waals surface area (Å²) in [6.45, 7) is 3.84. The lowest BCUT2D eigenvalue weighted by atomic mass is 10.2. The predicted molar refractivity (Wildman–Crippen MR) is 99.7 cm³/mol. The normalized spacial score (nSPS) is 13.5. The lowest BCUT2D eigenvalue weighted by molar-refractivity contribution is 0.464. The fourth-order valence-electron chi connectivity index (χ4n) is 3.19. The molecule has 4 aromatic rings. The number of nitrogens with one attached hydrogen (secondary N) is 2.